The van der Waals surface area contributed by atoms with Gasteiger partial charge in [-0.2, -0.15) is 0 Å². The maximum Gasteiger partial charge on any atom is 0.321 e. The average molecular weight is 329 g/mol. The lowest BCUT2D eigenvalue weighted by atomic mass is 10.1. The third-order valence-corrected chi connectivity index (χ3v) is 5.58. The van der Waals surface area contributed by atoms with Crippen molar-refractivity contribution >= 4 is 11.7 Å². The van der Waals surface area contributed by atoms with Gasteiger partial charge in [-0.05, 0) is 30.9 Å². The molecule has 1 aliphatic carbocycles. The first-order valence-electron chi connectivity index (χ1n) is 9.66. The second-order valence-electron chi connectivity index (χ2n) is 7.11. The fourth-order valence-electron chi connectivity index (χ4n) is 4.06. The van der Waals surface area contributed by atoms with Crippen LogP contribution in [0.1, 0.15) is 51.0 Å². The summed E-state index contributed by atoms with van der Waals surface area (Å²) < 4.78 is 0. The molecular formula is C20H31N3O. The Kier molecular flexibility index (Phi) is 6.13. The number of urea groups is 1. The molecule has 2 fully saturated rings. The highest BCUT2D eigenvalue weighted by Crippen LogP contribution is 2.23. The van der Waals surface area contributed by atoms with Crippen LogP contribution in [0.5, 0.6) is 0 Å². The molecule has 132 valence electrons. The molecule has 0 aromatic heterocycles. The van der Waals surface area contributed by atoms with E-state index in [1.165, 1.54) is 44.1 Å². The van der Waals surface area contributed by atoms with E-state index in [0.717, 1.165) is 44.3 Å². The van der Waals surface area contributed by atoms with E-state index in [1.807, 2.05) is 23.1 Å². The van der Waals surface area contributed by atoms with E-state index in [-0.39, 0.29) is 6.03 Å². The first kappa shape index (κ1) is 17.3. The quantitative estimate of drug-likeness (QED) is 0.847. The van der Waals surface area contributed by atoms with Crippen LogP contribution in [-0.4, -0.2) is 48.1 Å². The summed E-state index contributed by atoms with van der Waals surface area (Å²) in [4.78, 5) is 17.2. The van der Waals surface area contributed by atoms with Crippen molar-refractivity contribution in [2.45, 2.75) is 57.9 Å². The van der Waals surface area contributed by atoms with Crippen LogP contribution in [0.25, 0.3) is 0 Å². The van der Waals surface area contributed by atoms with Gasteiger partial charge >= 0.3 is 6.03 Å². The summed E-state index contributed by atoms with van der Waals surface area (Å²) in [5, 5.41) is 3.10. The normalized spacial score (nSPS) is 20.6. The van der Waals surface area contributed by atoms with E-state index in [1.54, 1.807) is 0 Å². The first-order valence-corrected chi connectivity index (χ1v) is 9.66. The number of anilines is 1. The lowest BCUT2D eigenvalue weighted by Crippen LogP contribution is -2.52. The van der Waals surface area contributed by atoms with Crippen molar-refractivity contribution in [1.82, 2.24) is 9.80 Å². The number of hydrogen-bond acceptors (Lipinski definition) is 2. The van der Waals surface area contributed by atoms with Crippen LogP contribution < -0.4 is 5.32 Å². The van der Waals surface area contributed by atoms with Crippen LogP contribution >= 0.6 is 0 Å². The molecule has 4 heteroatoms. The molecule has 0 radical (unpaired) electrons. The fraction of sp³-hybridized carbons (Fsp3) is 0.650. The second kappa shape index (κ2) is 8.52. The van der Waals surface area contributed by atoms with Crippen molar-refractivity contribution in [3.8, 4) is 0 Å². The summed E-state index contributed by atoms with van der Waals surface area (Å²) in [6.07, 6.45) is 9.17. The lowest BCUT2D eigenvalue weighted by molar-refractivity contribution is 0.105. The number of benzene rings is 1. The monoisotopic (exact) mass is 329 g/mol. The highest BCUT2D eigenvalue weighted by molar-refractivity contribution is 5.90. The Bertz CT molecular complexity index is 529. The Balaban J connectivity index is 1.51. The molecule has 0 spiro atoms. The number of amides is 2. The number of nitrogens with zero attached hydrogens (tertiary/aromatic N) is 2. The molecule has 24 heavy (non-hydrogen) atoms. The first-order chi connectivity index (χ1) is 11.8. The maximum atomic E-state index is 12.6. The molecule has 1 aliphatic heterocycles. The zero-order valence-electron chi connectivity index (χ0n) is 15.0. The van der Waals surface area contributed by atoms with Crippen molar-refractivity contribution in [3.63, 3.8) is 0 Å². The summed E-state index contributed by atoms with van der Waals surface area (Å²) >= 11 is 0. The van der Waals surface area contributed by atoms with Gasteiger partial charge in [0.15, 0.2) is 0 Å². The van der Waals surface area contributed by atoms with Gasteiger partial charge in [0.25, 0.3) is 0 Å². The van der Waals surface area contributed by atoms with Crippen molar-refractivity contribution in [2.75, 3.05) is 31.5 Å². The van der Waals surface area contributed by atoms with Crippen LogP contribution in [0.4, 0.5) is 10.5 Å². The molecule has 1 aromatic rings. The Morgan fingerprint density at radius 3 is 2.38 bits per heavy atom. The van der Waals surface area contributed by atoms with Gasteiger partial charge in [0.1, 0.15) is 0 Å². The zero-order valence-corrected chi connectivity index (χ0v) is 15.0. The Morgan fingerprint density at radius 1 is 1.04 bits per heavy atom. The topological polar surface area (TPSA) is 35.6 Å². The van der Waals surface area contributed by atoms with Gasteiger partial charge in [-0.3, -0.25) is 4.90 Å². The molecule has 1 N–H and O–H groups in total. The molecule has 1 aromatic carbocycles. The SMILES string of the molecule is CCc1ccccc1NC(=O)N1CCN(C2CCCCCC2)CC1. The maximum absolute atomic E-state index is 12.6. The molecule has 4 nitrogen and oxygen atoms in total. The molecule has 0 unspecified atom stereocenters. The minimum atomic E-state index is 0.0522. The van der Waals surface area contributed by atoms with Crippen molar-refractivity contribution in [2.24, 2.45) is 0 Å². The lowest BCUT2D eigenvalue weighted by Gasteiger charge is -2.39. The summed E-state index contributed by atoms with van der Waals surface area (Å²) in [7, 11) is 0. The van der Waals surface area contributed by atoms with Crippen molar-refractivity contribution in [3.05, 3.63) is 29.8 Å². The molecule has 3 rings (SSSR count). The van der Waals surface area contributed by atoms with Gasteiger partial charge in [0, 0.05) is 37.9 Å². The molecule has 2 amide bonds. The van der Waals surface area contributed by atoms with E-state index >= 15 is 0 Å². The highest BCUT2D eigenvalue weighted by Gasteiger charge is 2.26. The standard InChI is InChI=1S/C20H31N3O/c1-2-17-9-7-8-12-19(17)21-20(24)23-15-13-22(14-16-23)18-10-5-3-4-6-11-18/h7-9,12,18H,2-6,10-11,13-16H2,1H3,(H,21,24). The van der Waals surface area contributed by atoms with Crippen LogP contribution in [-0.2, 0) is 6.42 Å². The molecule has 1 saturated heterocycles. The van der Waals surface area contributed by atoms with Crippen LogP contribution in [0.15, 0.2) is 24.3 Å². The summed E-state index contributed by atoms with van der Waals surface area (Å²) in [6, 6.07) is 8.90. The van der Waals surface area contributed by atoms with Crippen LogP contribution in [0.3, 0.4) is 0 Å². The van der Waals surface area contributed by atoms with Gasteiger partial charge < -0.3 is 10.2 Å². The number of carbonyl (C=O) groups is 1. The Morgan fingerprint density at radius 2 is 1.71 bits per heavy atom. The van der Waals surface area contributed by atoms with E-state index in [4.69, 9.17) is 0 Å². The number of piperazine rings is 1. The number of hydrogen-bond donors (Lipinski definition) is 1. The highest BCUT2D eigenvalue weighted by atomic mass is 16.2. The van der Waals surface area contributed by atoms with E-state index in [2.05, 4.69) is 23.2 Å². The third-order valence-electron chi connectivity index (χ3n) is 5.58. The number of para-hydroxylation sites is 1. The second-order valence-corrected chi connectivity index (χ2v) is 7.11. The minimum absolute atomic E-state index is 0.0522. The molecule has 2 aliphatic rings. The zero-order chi connectivity index (χ0) is 16.8. The van der Waals surface area contributed by atoms with Gasteiger partial charge in [-0.15, -0.1) is 0 Å². The molecule has 1 saturated carbocycles. The van der Waals surface area contributed by atoms with E-state index in [0.29, 0.717) is 0 Å². The number of nitrogens with one attached hydrogen (secondary N) is 1. The van der Waals surface area contributed by atoms with Crippen molar-refractivity contribution < 1.29 is 4.79 Å². The van der Waals surface area contributed by atoms with Gasteiger partial charge in [0.05, 0.1) is 0 Å². The molecule has 0 bridgehead atoms. The largest absolute Gasteiger partial charge is 0.322 e. The summed E-state index contributed by atoms with van der Waals surface area (Å²) in [5.74, 6) is 0. The van der Waals surface area contributed by atoms with Gasteiger partial charge in [-0.25, -0.2) is 4.79 Å². The van der Waals surface area contributed by atoms with Gasteiger partial charge in [-0.1, -0.05) is 50.8 Å². The number of carbonyl (C=O) groups excluding carboxylic acids is 1. The van der Waals surface area contributed by atoms with Crippen LogP contribution in [0, 0.1) is 0 Å². The van der Waals surface area contributed by atoms with E-state index < -0.39 is 0 Å². The smallest absolute Gasteiger partial charge is 0.321 e. The van der Waals surface area contributed by atoms with Crippen molar-refractivity contribution in [1.29, 1.82) is 0 Å². The third kappa shape index (κ3) is 4.29. The van der Waals surface area contributed by atoms with E-state index in [9.17, 15) is 4.79 Å². The molecule has 0 atom stereocenters. The average Bonchev–Trinajstić information content (AvgIpc) is 2.92. The summed E-state index contributed by atoms with van der Waals surface area (Å²) in [5.41, 5.74) is 2.15. The molecule has 1 heterocycles. The fourth-order valence-corrected chi connectivity index (χ4v) is 4.06. The number of rotatable bonds is 3. The van der Waals surface area contributed by atoms with Gasteiger partial charge in [0.2, 0.25) is 0 Å². The van der Waals surface area contributed by atoms with Crippen LogP contribution in [0.2, 0.25) is 0 Å². The minimum Gasteiger partial charge on any atom is -0.322 e. The predicted molar refractivity (Wildman–Crippen MR) is 99.5 cm³/mol. The Labute approximate surface area is 146 Å². The Hall–Kier alpha value is -1.55. The predicted octanol–water partition coefficient (Wildman–Crippen LogP) is 4.12. The summed E-state index contributed by atoms with van der Waals surface area (Å²) in [6.45, 7) is 5.85. The molecular weight excluding hydrogens is 298 g/mol. The number of aryl methyl sites for hydroxylation is 1.